The van der Waals surface area contributed by atoms with Gasteiger partial charge in [-0.05, 0) is 6.92 Å². The number of nitrogens with one attached hydrogen (secondary N) is 2. The van der Waals surface area contributed by atoms with Gasteiger partial charge < -0.3 is 11.5 Å². The van der Waals surface area contributed by atoms with Gasteiger partial charge in [0.15, 0.2) is 0 Å². The van der Waals surface area contributed by atoms with Gasteiger partial charge in [-0.1, -0.05) is 0 Å². The third kappa shape index (κ3) is 7.42. The maximum atomic E-state index is 7.12. The minimum absolute atomic E-state index is 0.0443. The average molecular weight is 267 g/mol. The molecule has 6 N–H and O–H groups in total. The molecular formula is C8H16Cl2N6. The van der Waals surface area contributed by atoms with Crippen LogP contribution < -0.4 is 11.5 Å². The summed E-state index contributed by atoms with van der Waals surface area (Å²) >= 11 is 11.3. The van der Waals surface area contributed by atoms with E-state index in [9.17, 15) is 0 Å². The number of amidine groups is 2. The van der Waals surface area contributed by atoms with E-state index in [4.69, 9.17) is 45.5 Å². The van der Waals surface area contributed by atoms with Crippen molar-refractivity contribution in [3.63, 3.8) is 0 Å². The zero-order chi connectivity index (χ0) is 12.7. The van der Waals surface area contributed by atoms with Crippen LogP contribution in [0.4, 0.5) is 0 Å². The highest BCUT2D eigenvalue weighted by molar-refractivity contribution is 6.44. The molecule has 0 aliphatic rings. The summed E-state index contributed by atoms with van der Waals surface area (Å²) in [6.45, 7) is 1.77. The molecule has 92 valence electrons. The van der Waals surface area contributed by atoms with Gasteiger partial charge in [-0.3, -0.25) is 10.8 Å². The molecule has 0 bridgehead atoms. The van der Waals surface area contributed by atoms with Gasteiger partial charge in [-0.2, -0.15) is 10.2 Å². The Balaban J connectivity index is 4.32. The summed E-state index contributed by atoms with van der Waals surface area (Å²) in [5, 5.41) is 22.0. The first-order chi connectivity index (χ1) is 7.32. The van der Waals surface area contributed by atoms with Gasteiger partial charge in [0.2, 0.25) is 0 Å². The molecule has 16 heavy (non-hydrogen) atoms. The highest BCUT2D eigenvalue weighted by Crippen LogP contribution is 2.16. The van der Waals surface area contributed by atoms with Gasteiger partial charge in [0.05, 0.1) is 17.7 Å². The number of alkyl halides is 2. The maximum Gasteiger partial charge on any atom is 0.132 e. The van der Waals surface area contributed by atoms with E-state index in [0.29, 0.717) is 6.42 Å². The molecule has 0 radical (unpaired) electrons. The molecular weight excluding hydrogens is 251 g/mol. The van der Waals surface area contributed by atoms with Crippen molar-refractivity contribution in [3.05, 3.63) is 0 Å². The molecule has 0 heterocycles. The van der Waals surface area contributed by atoms with Crippen LogP contribution in [0, 0.1) is 10.8 Å². The Kier molecular flexibility index (Phi) is 7.00. The predicted molar refractivity (Wildman–Crippen MR) is 66.7 cm³/mol. The van der Waals surface area contributed by atoms with Crippen LogP contribution in [-0.2, 0) is 0 Å². The molecule has 0 amide bonds. The molecule has 0 aliphatic heterocycles. The van der Waals surface area contributed by atoms with Crippen LogP contribution in [0.5, 0.6) is 0 Å². The molecule has 2 unspecified atom stereocenters. The highest BCUT2D eigenvalue weighted by atomic mass is 35.5. The van der Waals surface area contributed by atoms with Gasteiger partial charge >= 0.3 is 0 Å². The van der Waals surface area contributed by atoms with Gasteiger partial charge in [-0.15, -0.1) is 23.2 Å². The monoisotopic (exact) mass is 266 g/mol. The molecule has 0 saturated heterocycles. The minimum atomic E-state index is -0.767. The number of hydrogen-bond donors (Lipinski definition) is 4. The molecule has 8 heteroatoms. The van der Waals surface area contributed by atoms with Crippen LogP contribution >= 0.6 is 23.2 Å². The summed E-state index contributed by atoms with van der Waals surface area (Å²) in [7, 11) is 0. The van der Waals surface area contributed by atoms with Crippen molar-refractivity contribution in [1.82, 2.24) is 0 Å². The maximum absolute atomic E-state index is 7.12. The first-order valence-electron chi connectivity index (χ1n) is 4.66. The van der Waals surface area contributed by atoms with E-state index in [0.717, 1.165) is 0 Å². The fourth-order valence-corrected chi connectivity index (χ4v) is 1.24. The molecule has 0 aromatic heterocycles. The van der Waals surface area contributed by atoms with E-state index < -0.39 is 10.9 Å². The van der Waals surface area contributed by atoms with Crippen LogP contribution in [0.2, 0.25) is 0 Å². The number of nitrogens with two attached hydrogens (primary N) is 2. The molecule has 6 nitrogen and oxygen atoms in total. The smallest absolute Gasteiger partial charge is 0.132 e. The second-order valence-electron chi connectivity index (χ2n) is 3.44. The lowest BCUT2D eigenvalue weighted by Crippen LogP contribution is -2.23. The Bertz CT molecular complexity index is 278. The zero-order valence-corrected chi connectivity index (χ0v) is 10.5. The third-order valence-corrected chi connectivity index (χ3v) is 2.23. The van der Waals surface area contributed by atoms with E-state index in [2.05, 4.69) is 10.2 Å². The van der Waals surface area contributed by atoms with Crippen LogP contribution in [0.25, 0.3) is 0 Å². The first-order valence-corrected chi connectivity index (χ1v) is 5.54. The quantitative estimate of drug-likeness (QED) is 0.242. The van der Waals surface area contributed by atoms with Crippen molar-refractivity contribution < 1.29 is 0 Å². The van der Waals surface area contributed by atoms with Crippen molar-refractivity contribution in [2.24, 2.45) is 21.7 Å². The third-order valence-electron chi connectivity index (χ3n) is 1.65. The Hall–Kier alpha value is -0.880. The summed E-state index contributed by atoms with van der Waals surface area (Å²) in [6, 6.07) is -0.741. The molecule has 2 atom stereocenters. The Morgan fingerprint density at radius 3 is 2.00 bits per heavy atom. The second kappa shape index (κ2) is 7.40. The van der Waals surface area contributed by atoms with Gasteiger partial charge in [0.25, 0.3) is 0 Å². The molecule has 0 aliphatic carbocycles. The van der Waals surface area contributed by atoms with E-state index in [1.54, 1.807) is 6.92 Å². The van der Waals surface area contributed by atoms with Gasteiger partial charge in [-0.25, -0.2) is 0 Å². The molecule has 0 aromatic rings. The van der Waals surface area contributed by atoms with Crippen molar-refractivity contribution in [2.75, 3.05) is 0 Å². The summed E-state index contributed by atoms with van der Waals surface area (Å²) in [6.07, 6.45) is 0.486. The summed E-state index contributed by atoms with van der Waals surface area (Å²) in [5.41, 5.74) is 10.4. The Morgan fingerprint density at radius 2 is 1.62 bits per heavy atom. The molecule has 0 aromatic carbocycles. The number of hydrogen-bond acceptors (Lipinski definition) is 4. The Labute approximate surface area is 104 Å². The minimum Gasteiger partial charge on any atom is -0.388 e. The van der Waals surface area contributed by atoms with Crippen LogP contribution in [0.3, 0.4) is 0 Å². The fourth-order valence-electron chi connectivity index (χ4n) is 0.964. The molecule has 0 saturated carbocycles. The highest BCUT2D eigenvalue weighted by Gasteiger charge is 2.17. The predicted octanol–water partition coefficient (Wildman–Crippen LogP) is 1.65. The SMILES string of the molecule is CC(CC(=N)N)N=NC(CC(=N)N)C(Cl)Cl. The molecule has 0 fully saturated rings. The van der Waals surface area contributed by atoms with E-state index >= 15 is 0 Å². The van der Waals surface area contributed by atoms with E-state index in [-0.39, 0.29) is 24.1 Å². The summed E-state index contributed by atoms with van der Waals surface area (Å²) in [4.78, 5) is -0.767. The number of azo groups is 1. The number of halogens is 2. The molecule has 0 spiro atoms. The number of nitrogens with zero attached hydrogens (tertiary/aromatic N) is 2. The van der Waals surface area contributed by atoms with Crippen LogP contribution in [0.1, 0.15) is 19.8 Å². The van der Waals surface area contributed by atoms with Crippen LogP contribution in [-0.4, -0.2) is 28.6 Å². The van der Waals surface area contributed by atoms with E-state index in [1.807, 2.05) is 0 Å². The standard InChI is InChI=1S/C8H16Cl2N6/c1-4(2-6(11)12)15-16-5(8(9)10)3-7(13)14/h4-5,8H,2-3H2,1H3,(H3,11,12)(H3,13,14). The normalized spacial score (nSPS) is 15.2. The van der Waals surface area contributed by atoms with Crippen molar-refractivity contribution in [1.29, 1.82) is 10.8 Å². The van der Waals surface area contributed by atoms with Crippen LogP contribution in [0.15, 0.2) is 10.2 Å². The number of rotatable bonds is 7. The lowest BCUT2D eigenvalue weighted by atomic mass is 10.2. The summed E-state index contributed by atoms with van der Waals surface area (Å²) < 4.78 is 0. The van der Waals surface area contributed by atoms with Crippen molar-refractivity contribution in [2.45, 2.75) is 36.7 Å². The lowest BCUT2D eigenvalue weighted by Gasteiger charge is -2.12. The largest absolute Gasteiger partial charge is 0.388 e. The topological polar surface area (TPSA) is 124 Å². The van der Waals surface area contributed by atoms with E-state index in [1.165, 1.54) is 0 Å². The van der Waals surface area contributed by atoms with Crippen molar-refractivity contribution in [3.8, 4) is 0 Å². The van der Waals surface area contributed by atoms with Gasteiger partial charge in [0.1, 0.15) is 10.9 Å². The zero-order valence-electron chi connectivity index (χ0n) is 8.95. The second-order valence-corrected chi connectivity index (χ2v) is 4.60. The van der Waals surface area contributed by atoms with Gasteiger partial charge in [0, 0.05) is 12.8 Å². The lowest BCUT2D eigenvalue weighted by molar-refractivity contribution is 0.627. The first kappa shape index (κ1) is 15.1. The van der Waals surface area contributed by atoms with Crippen molar-refractivity contribution >= 4 is 34.9 Å². The Morgan fingerprint density at radius 1 is 1.12 bits per heavy atom. The average Bonchev–Trinajstić information content (AvgIpc) is 2.09. The fraction of sp³-hybridized carbons (Fsp3) is 0.750. The summed E-state index contributed by atoms with van der Waals surface area (Å²) in [5.74, 6) is -0.00247. The molecule has 0 rings (SSSR count).